The Morgan fingerprint density at radius 1 is 1.41 bits per heavy atom. The molecular weight excluding hydrogens is 232 g/mol. The van der Waals surface area contributed by atoms with E-state index in [-0.39, 0.29) is 12.2 Å². The fraction of sp³-hybridized carbons (Fsp3) is 0.923. The standard InChI is InChI=1S/C13H26N2OS/c1-10(2)9-12-13(16)15(11(3)14-12)7-5-6-8-17-4/h10-12,14H,5-9H2,1-4H3. The van der Waals surface area contributed by atoms with Gasteiger partial charge < -0.3 is 4.90 Å². The molecule has 1 aliphatic rings. The third-order valence-electron chi connectivity index (χ3n) is 3.20. The predicted molar refractivity (Wildman–Crippen MR) is 75.2 cm³/mol. The van der Waals surface area contributed by atoms with E-state index in [0.717, 1.165) is 19.4 Å². The lowest BCUT2D eigenvalue weighted by molar-refractivity contribution is -0.130. The maximum Gasteiger partial charge on any atom is 0.241 e. The Labute approximate surface area is 110 Å². The second-order valence-electron chi connectivity index (χ2n) is 5.26. The zero-order valence-electron chi connectivity index (χ0n) is 11.5. The number of nitrogens with one attached hydrogen (secondary N) is 1. The van der Waals surface area contributed by atoms with E-state index < -0.39 is 0 Å². The van der Waals surface area contributed by atoms with E-state index in [1.54, 1.807) is 0 Å². The Balaban J connectivity index is 2.37. The van der Waals surface area contributed by atoms with Crippen LogP contribution in [0.15, 0.2) is 0 Å². The Morgan fingerprint density at radius 2 is 2.12 bits per heavy atom. The van der Waals surface area contributed by atoms with Crippen molar-refractivity contribution in [2.75, 3.05) is 18.6 Å². The summed E-state index contributed by atoms with van der Waals surface area (Å²) >= 11 is 1.88. The van der Waals surface area contributed by atoms with Crippen molar-refractivity contribution in [3.63, 3.8) is 0 Å². The van der Waals surface area contributed by atoms with Gasteiger partial charge in [-0.3, -0.25) is 10.1 Å². The summed E-state index contributed by atoms with van der Waals surface area (Å²) in [6, 6.07) is 0.0468. The summed E-state index contributed by atoms with van der Waals surface area (Å²) in [5.74, 6) is 2.06. The zero-order valence-corrected chi connectivity index (χ0v) is 12.3. The summed E-state index contributed by atoms with van der Waals surface area (Å²) in [5.41, 5.74) is 0. The van der Waals surface area contributed by atoms with Gasteiger partial charge in [0, 0.05) is 6.54 Å². The van der Waals surface area contributed by atoms with Crippen molar-refractivity contribution in [2.45, 2.75) is 52.2 Å². The van der Waals surface area contributed by atoms with Gasteiger partial charge in [0.15, 0.2) is 0 Å². The molecule has 1 amide bonds. The van der Waals surface area contributed by atoms with Gasteiger partial charge in [0.2, 0.25) is 5.91 Å². The number of nitrogens with zero attached hydrogens (tertiary/aromatic N) is 1. The molecule has 1 saturated heterocycles. The molecule has 100 valence electrons. The molecule has 0 aromatic rings. The first kappa shape index (κ1) is 14.8. The van der Waals surface area contributed by atoms with Crippen molar-refractivity contribution < 1.29 is 4.79 Å². The molecule has 2 atom stereocenters. The molecule has 1 N–H and O–H groups in total. The van der Waals surface area contributed by atoms with Gasteiger partial charge in [0.25, 0.3) is 0 Å². The molecule has 0 saturated carbocycles. The highest BCUT2D eigenvalue weighted by Gasteiger charge is 2.35. The maximum absolute atomic E-state index is 12.2. The fourth-order valence-corrected chi connectivity index (χ4v) is 2.81. The summed E-state index contributed by atoms with van der Waals surface area (Å²) < 4.78 is 0. The van der Waals surface area contributed by atoms with Crippen LogP contribution in [0.1, 0.15) is 40.0 Å². The number of hydrogen-bond acceptors (Lipinski definition) is 3. The third kappa shape index (κ3) is 4.51. The number of thioether (sulfide) groups is 1. The van der Waals surface area contributed by atoms with Gasteiger partial charge in [-0.15, -0.1) is 0 Å². The predicted octanol–water partition coefficient (Wildman–Crippen LogP) is 2.32. The van der Waals surface area contributed by atoms with Gasteiger partial charge >= 0.3 is 0 Å². The van der Waals surface area contributed by atoms with E-state index in [2.05, 4.69) is 32.3 Å². The molecule has 1 rings (SSSR count). The number of amides is 1. The molecular formula is C13H26N2OS. The van der Waals surface area contributed by atoms with Crippen LogP contribution in [0.25, 0.3) is 0 Å². The molecule has 1 heterocycles. The van der Waals surface area contributed by atoms with Crippen LogP contribution in [0, 0.1) is 5.92 Å². The normalized spacial score (nSPS) is 25.0. The molecule has 1 fully saturated rings. The highest BCUT2D eigenvalue weighted by atomic mass is 32.2. The third-order valence-corrected chi connectivity index (χ3v) is 3.89. The van der Waals surface area contributed by atoms with Gasteiger partial charge in [0.1, 0.15) is 0 Å². The molecule has 0 bridgehead atoms. The number of hydrogen-bond donors (Lipinski definition) is 1. The van der Waals surface area contributed by atoms with Crippen LogP contribution in [-0.4, -0.2) is 41.6 Å². The van der Waals surface area contributed by atoms with Gasteiger partial charge in [-0.05, 0) is 44.1 Å². The van der Waals surface area contributed by atoms with Crippen LogP contribution < -0.4 is 5.32 Å². The van der Waals surface area contributed by atoms with E-state index >= 15 is 0 Å². The summed E-state index contributed by atoms with van der Waals surface area (Å²) in [7, 11) is 0. The molecule has 3 nitrogen and oxygen atoms in total. The van der Waals surface area contributed by atoms with Crippen LogP contribution >= 0.6 is 11.8 Å². The SMILES string of the molecule is CSCCCCN1C(=O)C(CC(C)C)NC1C. The Morgan fingerprint density at radius 3 is 2.71 bits per heavy atom. The number of carbonyl (C=O) groups excluding carboxylic acids is 1. The van der Waals surface area contributed by atoms with Crippen molar-refractivity contribution in [1.82, 2.24) is 10.2 Å². The molecule has 2 unspecified atom stereocenters. The van der Waals surface area contributed by atoms with Crippen molar-refractivity contribution in [3.05, 3.63) is 0 Å². The summed E-state index contributed by atoms with van der Waals surface area (Å²) in [6.45, 7) is 7.33. The van der Waals surface area contributed by atoms with E-state index in [0.29, 0.717) is 11.8 Å². The topological polar surface area (TPSA) is 32.3 Å². The average Bonchev–Trinajstić information content (AvgIpc) is 2.50. The lowest BCUT2D eigenvalue weighted by Crippen LogP contribution is -2.35. The lowest BCUT2D eigenvalue weighted by Gasteiger charge is -2.20. The molecule has 0 aliphatic carbocycles. The molecule has 0 spiro atoms. The number of rotatable bonds is 7. The lowest BCUT2D eigenvalue weighted by atomic mass is 10.0. The minimum Gasteiger partial charge on any atom is -0.326 e. The molecule has 0 radical (unpaired) electrons. The van der Waals surface area contributed by atoms with Gasteiger partial charge in [0.05, 0.1) is 12.2 Å². The molecule has 0 aromatic carbocycles. The second kappa shape index (κ2) is 7.27. The minimum absolute atomic E-state index is 0.0468. The zero-order chi connectivity index (χ0) is 12.8. The molecule has 17 heavy (non-hydrogen) atoms. The monoisotopic (exact) mass is 258 g/mol. The average molecular weight is 258 g/mol. The summed E-state index contributed by atoms with van der Waals surface area (Å²) in [4.78, 5) is 14.2. The van der Waals surface area contributed by atoms with Crippen LogP contribution in [0.2, 0.25) is 0 Å². The van der Waals surface area contributed by atoms with Crippen molar-refractivity contribution in [2.24, 2.45) is 5.92 Å². The first-order valence-corrected chi connectivity index (χ1v) is 8.01. The van der Waals surface area contributed by atoms with Crippen LogP contribution in [-0.2, 0) is 4.79 Å². The highest BCUT2D eigenvalue weighted by Crippen LogP contribution is 2.17. The van der Waals surface area contributed by atoms with Crippen LogP contribution in [0.4, 0.5) is 0 Å². The van der Waals surface area contributed by atoms with Crippen molar-refractivity contribution >= 4 is 17.7 Å². The summed E-state index contributed by atoms with van der Waals surface area (Å²) in [5, 5.41) is 3.40. The Hall–Kier alpha value is -0.220. The maximum atomic E-state index is 12.2. The first-order valence-electron chi connectivity index (χ1n) is 6.61. The molecule has 4 heteroatoms. The first-order chi connectivity index (χ1) is 8.06. The highest BCUT2D eigenvalue weighted by molar-refractivity contribution is 7.98. The summed E-state index contributed by atoms with van der Waals surface area (Å²) in [6.07, 6.45) is 5.61. The number of unbranched alkanes of at least 4 members (excludes halogenated alkanes) is 1. The quantitative estimate of drug-likeness (QED) is 0.711. The fourth-order valence-electron chi connectivity index (χ4n) is 2.32. The van der Waals surface area contributed by atoms with E-state index in [1.807, 2.05) is 16.7 Å². The van der Waals surface area contributed by atoms with Gasteiger partial charge in [-0.2, -0.15) is 11.8 Å². The van der Waals surface area contributed by atoms with E-state index in [4.69, 9.17) is 0 Å². The molecule has 0 aromatic heterocycles. The largest absolute Gasteiger partial charge is 0.326 e. The Bertz CT molecular complexity index is 246. The minimum atomic E-state index is 0.0468. The molecule has 1 aliphatic heterocycles. The second-order valence-corrected chi connectivity index (χ2v) is 6.24. The van der Waals surface area contributed by atoms with Crippen molar-refractivity contribution in [3.8, 4) is 0 Å². The van der Waals surface area contributed by atoms with E-state index in [9.17, 15) is 4.79 Å². The van der Waals surface area contributed by atoms with E-state index in [1.165, 1.54) is 12.2 Å². The van der Waals surface area contributed by atoms with Crippen LogP contribution in [0.5, 0.6) is 0 Å². The smallest absolute Gasteiger partial charge is 0.241 e. The van der Waals surface area contributed by atoms with Gasteiger partial charge in [-0.25, -0.2) is 0 Å². The van der Waals surface area contributed by atoms with Gasteiger partial charge in [-0.1, -0.05) is 13.8 Å². The number of carbonyl (C=O) groups is 1. The van der Waals surface area contributed by atoms with Crippen LogP contribution in [0.3, 0.4) is 0 Å². The Kier molecular flexibility index (Phi) is 6.34. The van der Waals surface area contributed by atoms with Crippen molar-refractivity contribution in [1.29, 1.82) is 0 Å².